The van der Waals surface area contributed by atoms with Crippen LogP contribution in [0.15, 0.2) is 46.9 Å². The van der Waals surface area contributed by atoms with Crippen molar-refractivity contribution < 1.29 is 9.13 Å². The summed E-state index contributed by atoms with van der Waals surface area (Å²) in [7, 11) is 0. The van der Waals surface area contributed by atoms with Crippen LogP contribution in [0.5, 0.6) is 11.5 Å². The van der Waals surface area contributed by atoms with Gasteiger partial charge in [0.1, 0.15) is 17.3 Å². The van der Waals surface area contributed by atoms with E-state index in [4.69, 9.17) is 4.74 Å². The van der Waals surface area contributed by atoms with Gasteiger partial charge in [-0.2, -0.15) is 0 Å². The Morgan fingerprint density at radius 2 is 1.95 bits per heavy atom. The lowest BCUT2D eigenvalue weighted by atomic mass is 10.1. The van der Waals surface area contributed by atoms with Crippen molar-refractivity contribution in [3.05, 3.63) is 58.3 Å². The van der Waals surface area contributed by atoms with E-state index in [9.17, 15) is 4.39 Å². The molecule has 21 heavy (non-hydrogen) atoms. The van der Waals surface area contributed by atoms with Crippen molar-refractivity contribution in [3.8, 4) is 11.5 Å². The van der Waals surface area contributed by atoms with E-state index < -0.39 is 0 Å². The van der Waals surface area contributed by atoms with Crippen LogP contribution >= 0.6 is 15.9 Å². The Labute approximate surface area is 133 Å². The van der Waals surface area contributed by atoms with Crippen molar-refractivity contribution in [3.63, 3.8) is 0 Å². The van der Waals surface area contributed by atoms with E-state index in [-0.39, 0.29) is 11.9 Å². The summed E-state index contributed by atoms with van der Waals surface area (Å²) in [5.74, 6) is 0.896. The molecule has 0 amide bonds. The Morgan fingerprint density at radius 3 is 2.71 bits per heavy atom. The molecule has 2 nitrogen and oxygen atoms in total. The van der Waals surface area contributed by atoms with Crippen molar-refractivity contribution in [1.82, 2.24) is 5.32 Å². The number of para-hydroxylation sites is 1. The van der Waals surface area contributed by atoms with Gasteiger partial charge in [0.25, 0.3) is 0 Å². The van der Waals surface area contributed by atoms with Crippen molar-refractivity contribution in [2.45, 2.75) is 26.3 Å². The third-order valence-electron chi connectivity index (χ3n) is 3.20. The van der Waals surface area contributed by atoms with Crippen LogP contribution in [0, 0.1) is 5.82 Å². The number of rotatable bonds is 6. The van der Waals surface area contributed by atoms with Gasteiger partial charge in [0.05, 0.1) is 4.47 Å². The highest BCUT2D eigenvalue weighted by molar-refractivity contribution is 9.10. The first kappa shape index (κ1) is 16.0. The monoisotopic (exact) mass is 351 g/mol. The molecule has 0 radical (unpaired) electrons. The van der Waals surface area contributed by atoms with E-state index in [1.807, 2.05) is 24.3 Å². The smallest absolute Gasteiger partial charge is 0.144 e. The molecule has 0 spiro atoms. The third kappa shape index (κ3) is 4.29. The molecule has 2 aromatic carbocycles. The number of hydrogen-bond donors (Lipinski definition) is 1. The number of halogens is 2. The highest BCUT2D eigenvalue weighted by atomic mass is 79.9. The fourth-order valence-corrected chi connectivity index (χ4v) is 2.40. The van der Waals surface area contributed by atoms with Crippen LogP contribution in [0.3, 0.4) is 0 Å². The van der Waals surface area contributed by atoms with Gasteiger partial charge in [-0.15, -0.1) is 0 Å². The van der Waals surface area contributed by atoms with Crippen LogP contribution in [0.1, 0.15) is 31.9 Å². The summed E-state index contributed by atoms with van der Waals surface area (Å²) in [6.07, 6.45) is 1.07. The molecule has 1 N–H and O–H groups in total. The quantitative estimate of drug-likeness (QED) is 0.747. The van der Waals surface area contributed by atoms with Gasteiger partial charge in [0, 0.05) is 17.7 Å². The van der Waals surface area contributed by atoms with E-state index in [0.717, 1.165) is 28.8 Å². The molecule has 4 heteroatoms. The van der Waals surface area contributed by atoms with Gasteiger partial charge in [-0.05, 0) is 54.0 Å². The lowest BCUT2D eigenvalue weighted by molar-refractivity contribution is 0.454. The molecule has 1 unspecified atom stereocenters. The minimum Gasteiger partial charge on any atom is -0.456 e. The second-order valence-corrected chi connectivity index (χ2v) is 5.74. The average molecular weight is 352 g/mol. The summed E-state index contributed by atoms with van der Waals surface area (Å²) in [5.41, 5.74) is 1.06. The van der Waals surface area contributed by atoms with Gasteiger partial charge >= 0.3 is 0 Å². The van der Waals surface area contributed by atoms with Crippen molar-refractivity contribution in [2.75, 3.05) is 6.54 Å². The van der Waals surface area contributed by atoms with Crippen molar-refractivity contribution in [2.24, 2.45) is 0 Å². The molecule has 112 valence electrons. The largest absolute Gasteiger partial charge is 0.456 e. The first-order chi connectivity index (χ1) is 10.1. The predicted octanol–water partition coefficient (Wildman–Crippen LogP) is 5.44. The minimum atomic E-state index is -0.317. The van der Waals surface area contributed by atoms with Gasteiger partial charge < -0.3 is 10.1 Å². The predicted molar refractivity (Wildman–Crippen MR) is 87.3 cm³/mol. The Hall–Kier alpha value is -1.39. The van der Waals surface area contributed by atoms with Gasteiger partial charge in [-0.25, -0.2) is 4.39 Å². The molecule has 2 aromatic rings. The maximum absolute atomic E-state index is 13.4. The Balaban J connectivity index is 2.25. The Morgan fingerprint density at radius 1 is 1.19 bits per heavy atom. The molecule has 0 heterocycles. The van der Waals surface area contributed by atoms with Crippen molar-refractivity contribution in [1.29, 1.82) is 0 Å². The second kappa shape index (κ2) is 7.57. The molecule has 0 aliphatic carbocycles. The molecule has 0 fully saturated rings. The van der Waals surface area contributed by atoms with Crippen LogP contribution < -0.4 is 10.1 Å². The third-order valence-corrected chi connectivity index (χ3v) is 3.85. The molecule has 2 rings (SSSR count). The SMILES string of the molecule is CCCNC(C)c1ccccc1Oc1cc(F)ccc1Br. The molecular formula is C17H19BrFNO. The molecule has 0 bridgehead atoms. The maximum Gasteiger partial charge on any atom is 0.144 e. The summed E-state index contributed by atoms with van der Waals surface area (Å²) >= 11 is 3.38. The second-order valence-electron chi connectivity index (χ2n) is 4.89. The normalized spacial score (nSPS) is 12.2. The Kier molecular flexibility index (Phi) is 5.76. The van der Waals surface area contributed by atoms with Gasteiger partial charge in [0.2, 0.25) is 0 Å². The molecule has 0 aliphatic heterocycles. The molecule has 0 saturated carbocycles. The van der Waals surface area contributed by atoms with Gasteiger partial charge in [0.15, 0.2) is 0 Å². The van der Waals surface area contributed by atoms with Crippen LogP contribution in [-0.2, 0) is 0 Å². The molecule has 0 saturated heterocycles. The van der Waals surface area contributed by atoms with E-state index >= 15 is 0 Å². The summed E-state index contributed by atoms with van der Waals surface area (Å²) in [6.45, 7) is 5.17. The fraction of sp³-hybridized carbons (Fsp3) is 0.294. The lowest BCUT2D eigenvalue weighted by Gasteiger charge is -2.18. The maximum atomic E-state index is 13.4. The minimum absolute atomic E-state index is 0.175. The van der Waals surface area contributed by atoms with Crippen LogP contribution in [0.25, 0.3) is 0 Å². The number of ether oxygens (including phenoxy) is 1. The fourth-order valence-electron chi connectivity index (χ4n) is 2.08. The standard InChI is InChI=1S/C17H19BrFNO/c1-3-10-20-12(2)14-6-4-5-7-16(14)21-17-11-13(19)8-9-15(17)18/h4-9,11-12,20H,3,10H2,1-2H3. The van der Waals surface area contributed by atoms with E-state index in [1.54, 1.807) is 6.07 Å². The highest BCUT2D eigenvalue weighted by Gasteiger charge is 2.12. The van der Waals surface area contributed by atoms with E-state index in [2.05, 4.69) is 35.1 Å². The first-order valence-electron chi connectivity index (χ1n) is 7.07. The van der Waals surface area contributed by atoms with Gasteiger partial charge in [-0.3, -0.25) is 0 Å². The summed E-state index contributed by atoms with van der Waals surface area (Å²) in [5, 5.41) is 3.43. The molecule has 0 aliphatic rings. The van der Waals surface area contributed by atoms with Crippen LogP contribution in [-0.4, -0.2) is 6.54 Å². The molecule has 0 aromatic heterocycles. The molecule has 1 atom stereocenters. The zero-order chi connectivity index (χ0) is 15.2. The zero-order valence-corrected chi connectivity index (χ0v) is 13.8. The van der Waals surface area contributed by atoms with Crippen LogP contribution in [0.4, 0.5) is 4.39 Å². The average Bonchev–Trinajstić information content (AvgIpc) is 2.49. The Bertz CT molecular complexity index is 603. The van der Waals surface area contributed by atoms with E-state index in [1.165, 1.54) is 12.1 Å². The first-order valence-corrected chi connectivity index (χ1v) is 7.86. The zero-order valence-electron chi connectivity index (χ0n) is 12.2. The van der Waals surface area contributed by atoms with Gasteiger partial charge in [-0.1, -0.05) is 25.1 Å². The lowest BCUT2D eigenvalue weighted by Crippen LogP contribution is -2.19. The number of nitrogens with one attached hydrogen (secondary N) is 1. The summed E-state index contributed by atoms with van der Waals surface area (Å²) in [6, 6.07) is 12.4. The number of hydrogen-bond acceptors (Lipinski definition) is 2. The molecular weight excluding hydrogens is 333 g/mol. The highest BCUT2D eigenvalue weighted by Crippen LogP contribution is 2.34. The summed E-state index contributed by atoms with van der Waals surface area (Å²) in [4.78, 5) is 0. The van der Waals surface area contributed by atoms with Crippen LogP contribution in [0.2, 0.25) is 0 Å². The van der Waals surface area contributed by atoms with E-state index in [0.29, 0.717) is 5.75 Å². The summed E-state index contributed by atoms with van der Waals surface area (Å²) < 4.78 is 20.0. The number of benzene rings is 2. The van der Waals surface area contributed by atoms with Crippen molar-refractivity contribution >= 4 is 15.9 Å². The topological polar surface area (TPSA) is 21.3 Å².